The van der Waals surface area contributed by atoms with E-state index in [1.165, 1.54) is 0 Å². The Hall–Kier alpha value is -3.40. The van der Waals surface area contributed by atoms with Crippen LogP contribution in [0.25, 0.3) is 12.2 Å². The Morgan fingerprint density at radius 1 is 0.852 bits per heavy atom. The van der Waals surface area contributed by atoms with Gasteiger partial charge in [0.1, 0.15) is 0 Å². The lowest BCUT2D eigenvalue weighted by molar-refractivity contribution is 0.0729. The second-order valence-corrected chi connectivity index (χ2v) is 6.21. The van der Waals surface area contributed by atoms with Crippen molar-refractivity contribution in [1.82, 2.24) is 4.98 Å². The SMILES string of the molecule is COc1cc(/C=C/c2ccncc2)ccc1OC(=O)c1ccc(C)c(C)c1. The maximum absolute atomic E-state index is 12.4. The molecular formula is C23H21NO3. The van der Waals surface area contributed by atoms with Gasteiger partial charge in [-0.3, -0.25) is 4.98 Å². The molecule has 0 atom stereocenters. The van der Waals surface area contributed by atoms with Crippen LogP contribution < -0.4 is 9.47 Å². The van der Waals surface area contributed by atoms with Gasteiger partial charge in [-0.25, -0.2) is 4.79 Å². The molecule has 136 valence electrons. The maximum Gasteiger partial charge on any atom is 0.343 e. The minimum absolute atomic E-state index is 0.391. The Kier molecular flexibility index (Phi) is 5.67. The van der Waals surface area contributed by atoms with Crippen molar-refractivity contribution in [2.45, 2.75) is 13.8 Å². The predicted molar refractivity (Wildman–Crippen MR) is 107 cm³/mol. The van der Waals surface area contributed by atoms with Crippen molar-refractivity contribution in [3.05, 3.63) is 88.7 Å². The van der Waals surface area contributed by atoms with E-state index in [2.05, 4.69) is 4.98 Å². The first-order chi connectivity index (χ1) is 13.1. The van der Waals surface area contributed by atoms with Gasteiger partial charge in [0.2, 0.25) is 0 Å². The van der Waals surface area contributed by atoms with Crippen LogP contribution in [-0.4, -0.2) is 18.1 Å². The number of benzene rings is 2. The fourth-order valence-corrected chi connectivity index (χ4v) is 2.57. The van der Waals surface area contributed by atoms with Crippen molar-refractivity contribution < 1.29 is 14.3 Å². The number of carbonyl (C=O) groups is 1. The van der Waals surface area contributed by atoms with Crippen LogP contribution in [0.15, 0.2) is 60.9 Å². The second-order valence-electron chi connectivity index (χ2n) is 6.21. The molecule has 0 aliphatic heterocycles. The topological polar surface area (TPSA) is 48.4 Å². The van der Waals surface area contributed by atoms with Gasteiger partial charge in [-0.15, -0.1) is 0 Å². The van der Waals surface area contributed by atoms with E-state index in [4.69, 9.17) is 9.47 Å². The molecule has 0 saturated carbocycles. The number of aryl methyl sites for hydroxylation is 2. The summed E-state index contributed by atoms with van der Waals surface area (Å²) in [6.45, 7) is 3.97. The number of esters is 1. The lowest BCUT2D eigenvalue weighted by Gasteiger charge is -2.11. The molecule has 27 heavy (non-hydrogen) atoms. The summed E-state index contributed by atoms with van der Waals surface area (Å²) in [6.07, 6.45) is 7.44. The summed E-state index contributed by atoms with van der Waals surface area (Å²) < 4.78 is 10.9. The molecule has 4 nitrogen and oxygen atoms in total. The van der Waals surface area contributed by atoms with Gasteiger partial charge in [0.25, 0.3) is 0 Å². The van der Waals surface area contributed by atoms with Crippen molar-refractivity contribution in [2.75, 3.05) is 7.11 Å². The molecule has 0 saturated heterocycles. The van der Waals surface area contributed by atoms with E-state index in [1.54, 1.807) is 31.6 Å². The number of carbonyl (C=O) groups excluding carboxylic acids is 1. The first-order valence-corrected chi connectivity index (χ1v) is 8.62. The van der Waals surface area contributed by atoms with Crippen LogP contribution in [0.1, 0.15) is 32.6 Å². The number of ether oxygens (including phenoxy) is 2. The second kappa shape index (κ2) is 8.32. The van der Waals surface area contributed by atoms with E-state index in [1.807, 2.05) is 62.4 Å². The van der Waals surface area contributed by atoms with E-state index in [-0.39, 0.29) is 0 Å². The zero-order chi connectivity index (χ0) is 19.2. The number of nitrogens with zero attached hydrogens (tertiary/aromatic N) is 1. The number of rotatable bonds is 5. The standard InChI is InChI=1S/C23H21NO3/c1-16-4-8-20(14-17(16)2)23(25)27-21-9-7-19(15-22(21)26-3)6-5-18-10-12-24-13-11-18/h4-15H,1-3H3/b6-5+. The molecule has 0 aliphatic carbocycles. The summed E-state index contributed by atoms with van der Waals surface area (Å²) in [4.78, 5) is 16.4. The molecular weight excluding hydrogens is 338 g/mol. The molecule has 3 aromatic rings. The molecule has 0 unspecified atom stereocenters. The Balaban J connectivity index is 1.78. The number of aromatic nitrogens is 1. The lowest BCUT2D eigenvalue weighted by atomic mass is 10.1. The highest BCUT2D eigenvalue weighted by molar-refractivity contribution is 5.91. The van der Waals surface area contributed by atoms with Gasteiger partial charge in [0.15, 0.2) is 11.5 Å². The van der Waals surface area contributed by atoms with Gasteiger partial charge < -0.3 is 9.47 Å². The minimum Gasteiger partial charge on any atom is -0.493 e. The van der Waals surface area contributed by atoms with E-state index < -0.39 is 5.97 Å². The third-order valence-electron chi connectivity index (χ3n) is 4.31. The van der Waals surface area contributed by atoms with E-state index in [0.717, 1.165) is 22.3 Å². The monoisotopic (exact) mass is 359 g/mol. The largest absolute Gasteiger partial charge is 0.493 e. The molecule has 0 aliphatic rings. The molecule has 0 bridgehead atoms. The van der Waals surface area contributed by atoms with Crippen molar-refractivity contribution >= 4 is 18.1 Å². The highest BCUT2D eigenvalue weighted by Crippen LogP contribution is 2.29. The van der Waals surface area contributed by atoms with Gasteiger partial charge >= 0.3 is 5.97 Å². The average molecular weight is 359 g/mol. The normalized spacial score (nSPS) is 10.8. The molecule has 1 aromatic heterocycles. The highest BCUT2D eigenvalue weighted by Gasteiger charge is 2.13. The first kappa shape index (κ1) is 18.4. The summed E-state index contributed by atoms with van der Waals surface area (Å²) in [7, 11) is 1.55. The molecule has 2 aromatic carbocycles. The van der Waals surface area contributed by atoms with Crippen molar-refractivity contribution in [3.63, 3.8) is 0 Å². The van der Waals surface area contributed by atoms with Gasteiger partial charge in [-0.05, 0) is 72.5 Å². The highest BCUT2D eigenvalue weighted by atomic mass is 16.6. The summed E-state index contributed by atoms with van der Waals surface area (Å²) in [6, 6.07) is 14.8. The number of hydrogen-bond donors (Lipinski definition) is 0. The average Bonchev–Trinajstić information content (AvgIpc) is 2.70. The van der Waals surface area contributed by atoms with E-state index >= 15 is 0 Å². The first-order valence-electron chi connectivity index (χ1n) is 8.62. The zero-order valence-electron chi connectivity index (χ0n) is 15.6. The van der Waals surface area contributed by atoms with Gasteiger partial charge in [-0.2, -0.15) is 0 Å². The van der Waals surface area contributed by atoms with Gasteiger partial charge in [0, 0.05) is 12.4 Å². The number of methoxy groups -OCH3 is 1. The van der Waals surface area contributed by atoms with Crippen LogP contribution in [-0.2, 0) is 0 Å². The van der Waals surface area contributed by atoms with Crippen LogP contribution in [0, 0.1) is 13.8 Å². The summed E-state index contributed by atoms with van der Waals surface area (Å²) in [5.41, 5.74) is 4.69. The van der Waals surface area contributed by atoms with Crippen molar-refractivity contribution in [2.24, 2.45) is 0 Å². The Bertz CT molecular complexity index is 978. The zero-order valence-corrected chi connectivity index (χ0v) is 15.6. The summed E-state index contributed by atoms with van der Waals surface area (Å²) in [5.74, 6) is 0.488. The maximum atomic E-state index is 12.4. The third kappa shape index (κ3) is 4.61. The smallest absolute Gasteiger partial charge is 0.343 e. The summed E-state index contributed by atoms with van der Waals surface area (Å²) in [5, 5.41) is 0. The molecule has 4 heteroatoms. The molecule has 3 rings (SSSR count). The Labute approximate surface area is 159 Å². The number of pyridine rings is 1. The molecule has 0 amide bonds. The van der Waals surface area contributed by atoms with E-state index in [0.29, 0.717) is 17.1 Å². The van der Waals surface area contributed by atoms with E-state index in [9.17, 15) is 4.79 Å². The quantitative estimate of drug-likeness (QED) is 0.470. The van der Waals surface area contributed by atoms with Crippen LogP contribution in [0.3, 0.4) is 0 Å². The number of hydrogen-bond acceptors (Lipinski definition) is 4. The van der Waals surface area contributed by atoms with Crippen LogP contribution in [0.2, 0.25) is 0 Å². The Morgan fingerprint density at radius 2 is 1.59 bits per heavy atom. The molecule has 0 radical (unpaired) electrons. The predicted octanol–water partition coefficient (Wildman–Crippen LogP) is 5.10. The summed E-state index contributed by atoms with van der Waals surface area (Å²) >= 11 is 0. The van der Waals surface area contributed by atoms with Crippen LogP contribution in [0.4, 0.5) is 0 Å². The fourth-order valence-electron chi connectivity index (χ4n) is 2.57. The lowest BCUT2D eigenvalue weighted by Crippen LogP contribution is -2.09. The molecule has 0 fully saturated rings. The van der Waals surface area contributed by atoms with Crippen molar-refractivity contribution in [1.29, 1.82) is 0 Å². The Morgan fingerprint density at radius 3 is 2.30 bits per heavy atom. The third-order valence-corrected chi connectivity index (χ3v) is 4.31. The van der Waals surface area contributed by atoms with Crippen molar-refractivity contribution in [3.8, 4) is 11.5 Å². The molecule has 1 heterocycles. The molecule has 0 spiro atoms. The van der Waals surface area contributed by atoms with Gasteiger partial charge in [0.05, 0.1) is 12.7 Å². The van der Waals surface area contributed by atoms with Gasteiger partial charge in [-0.1, -0.05) is 24.3 Å². The minimum atomic E-state index is -0.406. The fraction of sp³-hybridized carbons (Fsp3) is 0.130. The van der Waals surface area contributed by atoms with Crippen LogP contribution >= 0.6 is 0 Å². The van der Waals surface area contributed by atoms with Crippen LogP contribution in [0.5, 0.6) is 11.5 Å². The molecule has 0 N–H and O–H groups in total.